The number of carbonyl (C=O) groups is 1. The first-order chi connectivity index (χ1) is 12.3. The van der Waals surface area contributed by atoms with E-state index in [4.69, 9.17) is 4.42 Å². The summed E-state index contributed by atoms with van der Waals surface area (Å²) in [6.07, 6.45) is 3.05. The molecule has 124 valence electrons. The van der Waals surface area contributed by atoms with Crippen LogP contribution >= 0.6 is 11.8 Å². The molecule has 5 heteroatoms. The lowest BCUT2D eigenvalue weighted by molar-refractivity contribution is -0.118. The van der Waals surface area contributed by atoms with E-state index in [0.29, 0.717) is 11.5 Å². The second-order valence-electron chi connectivity index (χ2n) is 5.67. The van der Waals surface area contributed by atoms with Gasteiger partial charge in [-0.25, -0.2) is 5.43 Å². The van der Waals surface area contributed by atoms with E-state index in [2.05, 4.69) is 46.9 Å². The Labute approximate surface area is 149 Å². The second-order valence-corrected chi connectivity index (χ2v) is 6.77. The van der Waals surface area contributed by atoms with Gasteiger partial charge in [-0.1, -0.05) is 48.5 Å². The van der Waals surface area contributed by atoms with Crippen molar-refractivity contribution < 1.29 is 9.21 Å². The Morgan fingerprint density at radius 3 is 2.36 bits per heavy atom. The Morgan fingerprint density at radius 2 is 1.72 bits per heavy atom. The van der Waals surface area contributed by atoms with E-state index in [-0.39, 0.29) is 11.2 Å². The lowest BCUT2D eigenvalue weighted by atomic mass is 10.1. The zero-order chi connectivity index (χ0) is 17.1. The first-order valence-electron chi connectivity index (χ1n) is 7.98. The highest BCUT2D eigenvalue weighted by atomic mass is 32.2. The zero-order valence-electron chi connectivity index (χ0n) is 13.4. The van der Waals surface area contributed by atoms with E-state index in [1.807, 2.05) is 12.1 Å². The van der Waals surface area contributed by atoms with Crippen molar-refractivity contribution in [2.24, 2.45) is 5.10 Å². The van der Waals surface area contributed by atoms with Gasteiger partial charge in [0.15, 0.2) is 0 Å². The molecule has 4 rings (SSSR count). The summed E-state index contributed by atoms with van der Waals surface area (Å²) < 4.78 is 5.13. The van der Waals surface area contributed by atoms with Gasteiger partial charge in [0.1, 0.15) is 5.76 Å². The average Bonchev–Trinajstić information content (AvgIpc) is 3.26. The minimum absolute atomic E-state index is 0.130. The van der Waals surface area contributed by atoms with Crippen molar-refractivity contribution in [3.8, 4) is 11.1 Å². The number of nitrogens with one attached hydrogen (secondary N) is 1. The van der Waals surface area contributed by atoms with Gasteiger partial charge in [-0.3, -0.25) is 4.79 Å². The maximum atomic E-state index is 12.1. The highest BCUT2D eigenvalue weighted by Gasteiger charge is 2.28. The van der Waals surface area contributed by atoms with Crippen LogP contribution in [-0.4, -0.2) is 17.9 Å². The van der Waals surface area contributed by atoms with E-state index in [0.717, 1.165) is 0 Å². The minimum Gasteiger partial charge on any atom is -0.463 e. The molecule has 4 nitrogen and oxygen atoms in total. The van der Waals surface area contributed by atoms with Gasteiger partial charge >= 0.3 is 0 Å². The Kier molecular flexibility index (Phi) is 4.39. The molecule has 0 saturated heterocycles. The summed E-state index contributed by atoms with van der Waals surface area (Å²) in [5, 5.41) is 4.09. The molecule has 0 atom stereocenters. The van der Waals surface area contributed by atoms with Gasteiger partial charge in [-0.2, -0.15) is 5.10 Å². The van der Waals surface area contributed by atoms with Crippen LogP contribution in [0.25, 0.3) is 11.1 Å². The van der Waals surface area contributed by atoms with Gasteiger partial charge in [0.25, 0.3) is 0 Å². The van der Waals surface area contributed by atoms with Crippen molar-refractivity contribution in [2.45, 2.75) is 5.25 Å². The quantitative estimate of drug-likeness (QED) is 0.554. The van der Waals surface area contributed by atoms with Gasteiger partial charge in [0, 0.05) is 0 Å². The van der Waals surface area contributed by atoms with Crippen LogP contribution in [0.4, 0.5) is 0 Å². The smallest absolute Gasteiger partial charge is 0.250 e. The van der Waals surface area contributed by atoms with E-state index in [1.165, 1.54) is 28.5 Å². The predicted molar refractivity (Wildman–Crippen MR) is 101 cm³/mol. The summed E-state index contributed by atoms with van der Waals surface area (Å²) >= 11 is 1.62. The first kappa shape index (κ1) is 15.7. The fourth-order valence-electron chi connectivity index (χ4n) is 3.01. The number of carbonyl (C=O) groups excluding carboxylic acids is 1. The Bertz CT molecular complexity index is 873. The molecule has 0 radical (unpaired) electrons. The molecule has 0 spiro atoms. The second kappa shape index (κ2) is 6.99. The lowest BCUT2D eigenvalue weighted by Crippen LogP contribution is -2.20. The van der Waals surface area contributed by atoms with Crippen LogP contribution in [0.5, 0.6) is 0 Å². The molecule has 0 saturated carbocycles. The van der Waals surface area contributed by atoms with Gasteiger partial charge in [0.2, 0.25) is 5.91 Å². The van der Waals surface area contributed by atoms with Crippen LogP contribution in [0.1, 0.15) is 22.1 Å². The summed E-state index contributed by atoms with van der Waals surface area (Å²) in [6.45, 7) is 0. The Balaban J connectivity index is 1.43. The highest BCUT2D eigenvalue weighted by Crippen LogP contribution is 2.49. The van der Waals surface area contributed by atoms with E-state index >= 15 is 0 Å². The SMILES string of the molecule is O=C(CSC1c2ccccc2-c2ccccc21)N/N=C/c1ccco1. The molecule has 1 aromatic heterocycles. The van der Waals surface area contributed by atoms with Crippen molar-refractivity contribution >= 4 is 23.9 Å². The van der Waals surface area contributed by atoms with Gasteiger partial charge in [-0.15, -0.1) is 11.8 Å². The molecule has 1 aliphatic rings. The van der Waals surface area contributed by atoms with Crippen LogP contribution in [0.3, 0.4) is 0 Å². The summed E-state index contributed by atoms with van der Waals surface area (Å²) in [5.41, 5.74) is 7.58. The molecule has 1 heterocycles. The van der Waals surface area contributed by atoms with Crippen molar-refractivity contribution in [1.82, 2.24) is 5.43 Å². The number of nitrogens with zero attached hydrogens (tertiary/aromatic N) is 1. The topological polar surface area (TPSA) is 54.6 Å². The minimum atomic E-state index is -0.130. The maximum absolute atomic E-state index is 12.1. The van der Waals surface area contributed by atoms with Gasteiger partial charge < -0.3 is 4.42 Å². The zero-order valence-corrected chi connectivity index (χ0v) is 14.2. The molecule has 0 fully saturated rings. The predicted octanol–water partition coefficient (Wildman–Crippen LogP) is 4.23. The van der Waals surface area contributed by atoms with E-state index in [1.54, 1.807) is 30.2 Å². The molecule has 3 aromatic rings. The maximum Gasteiger partial charge on any atom is 0.250 e. The highest BCUT2D eigenvalue weighted by molar-refractivity contribution is 8.00. The number of thioether (sulfide) groups is 1. The molecular weight excluding hydrogens is 332 g/mol. The molecular formula is C20H16N2O2S. The molecule has 0 aliphatic heterocycles. The molecule has 1 amide bonds. The monoisotopic (exact) mass is 348 g/mol. The standard InChI is InChI=1S/C20H16N2O2S/c23-19(22-21-12-14-6-5-11-24-14)13-25-20-17-9-3-1-7-15(17)16-8-2-4-10-18(16)20/h1-12,20H,13H2,(H,22,23)/b21-12+. The van der Waals surface area contributed by atoms with Crippen molar-refractivity contribution in [3.05, 3.63) is 83.8 Å². The first-order valence-corrected chi connectivity index (χ1v) is 9.03. The van der Waals surface area contributed by atoms with Crippen molar-refractivity contribution in [3.63, 3.8) is 0 Å². The summed E-state index contributed by atoms with van der Waals surface area (Å²) in [7, 11) is 0. The largest absolute Gasteiger partial charge is 0.463 e. The van der Waals surface area contributed by atoms with Crippen molar-refractivity contribution in [2.75, 3.05) is 5.75 Å². The number of benzene rings is 2. The number of fused-ring (bicyclic) bond motifs is 3. The average molecular weight is 348 g/mol. The summed E-state index contributed by atoms with van der Waals surface area (Å²) in [6, 6.07) is 20.3. The van der Waals surface area contributed by atoms with Crippen LogP contribution in [-0.2, 0) is 4.79 Å². The summed E-state index contributed by atoms with van der Waals surface area (Å²) in [5.74, 6) is 0.810. The van der Waals surface area contributed by atoms with Gasteiger partial charge in [-0.05, 0) is 34.4 Å². The van der Waals surface area contributed by atoms with E-state index < -0.39 is 0 Å². The molecule has 1 N–H and O–H groups in total. The van der Waals surface area contributed by atoms with E-state index in [9.17, 15) is 4.79 Å². The Morgan fingerprint density at radius 1 is 1.04 bits per heavy atom. The normalized spacial score (nSPS) is 13.0. The molecule has 1 aliphatic carbocycles. The molecule has 0 bridgehead atoms. The number of furan rings is 1. The molecule has 0 unspecified atom stereocenters. The van der Waals surface area contributed by atoms with Crippen LogP contribution in [0.2, 0.25) is 0 Å². The third-order valence-corrected chi connectivity index (χ3v) is 5.35. The van der Waals surface area contributed by atoms with Crippen molar-refractivity contribution in [1.29, 1.82) is 0 Å². The van der Waals surface area contributed by atoms with Crippen LogP contribution in [0, 0.1) is 0 Å². The number of hydrazone groups is 1. The third kappa shape index (κ3) is 3.23. The fourth-order valence-corrected chi connectivity index (χ4v) is 4.17. The van der Waals surface area contributed by atoms with Gasteiger partial charge in [0.05, 0.1) is 23.5 Å². The summed E-state index contributed by atoms with van der Waals surface area (Å²) in [4.78, 5) is 12.1. The fraction of sp³-hybridized carbons (Fsp3) is 0.100. The van der Waals surface area contributed by atoms with Crippen LogP contribution in [0.15, 0.2) is 76.4 Å². The Hall–Kier alpha value is -2.79. The molecule has 2 aromatic carbocycles. The third-order valence-electron chi connectivity index (χ3n) is 4.08. The molecule has 25 heavy (non-hydrogen) atoms. The lowest BCUT2D eigenvalue weighted by Gasteiger charge is -2.12. The number of rotatable bonds is 5. The van der Waals surface area contributed by atoms with Crippen LogP contribution < -0.4 is 5.43 Å². The number of hydrogen-bond acceptors (Lipinski definition) is 4. The number of hydrogen-bond donors (Lipinski definition) is 1. The number of amides is 1.